The maximum Gasteiger partial charge on any atom is 0.262 e. The van der Waals surface area contributed by atoms with Crippen molar-refractivity contribution < 1.29 is 9.53 Å². The van der Waals surface area contributed by atoms with Crippen LogP contribution in [0.1, 0.15) is 19.4 Å². The molecule has 0 bridgehead atoms. The van der Waals surface area contributed by atoms with Gasteiger partial charge in [-0.05, 0) is 42.8 Å². The summed E-state index contributed by atoms with van der Waals surface area (Å²) in [6, 6.07) is 13.4. The Kier molecular flexibility index (Phi) is 7.18. The van der Waals surface area contributed by atoms with Crippen LogP contribution in [0.3, 0.4) is 0 Å². The lowest BCUT2D eigenvalue weighted by atomic mass is 10.1. The number of rotatable bonds is 7. The van der Waals surface area contributed by atoms with Gasteiger partial charge in [-0.15, -0.1) is 0 Å². The van der Waals surface area contributed by atoms with E-state index in [-0.39, 0.29) is 12.5 Å². The molecule has 0 spiro atoms. The summed E-state index contributed by atoms with van der Waals surface area (Å²) in [7, 11) is 0. The molecule has 150 valence electrons. The van der Waals surface area contributed by atoms with Gasteiger partial charge in [0.15, 0.2) is 6.61 Å². The zero-order valence-electron chi connectivity index (χ0n) is 16.6. The van der Waals surface area contributed by atoms with Gasteiger partial charge in [0.05, 0.1) is 11.4 Å². The maximum absolute atomic E-state index is 12.5. The van der Waals surface area contributed by atoms with Crippen LogP contribution in [0, 0.1) is 0 Å². The summed E-state index contributed by atoms with van der Waals surface area (Å²) in [5, 5.41) is 3.58. The van der Waals surface area contributed by atoms with Gasteiger partial charge < -0.3 is 19.9 Å². The lowest BCUT2D eigenvalue weighted by Gasteiger charge is -2.36. The van der Waals surface area contributed by atoms with E-state index in [9.17, 15) is 4.79 Å². The molecular formula is C22H28ClN3O2. The van der Waals surface area contributed by atoms with Crippen molar-refractivity contribution >= 4 is 28.9 Å². The third-order valence-electron chi connectivity index (χ3n) is 5.11. The van der Waals surface area contributed by atoms with Crippen molar-refractivity contribution in [3.05, 3.63) is 53.1 Å². The van der Waals surface area contributed by atoms with Gasteiger partial charge in [0.2, 0.25) is 0 Å². The Bertz CT molecular complexity index is 804. The van der Waals surface area contributed by atoms with Gasteiger partial charge in [0.25, 0.3) is 5.91 Å². The first-order valence-electron chi connectivity index (χ1n) is 9.88. The van der Waals surface area contributed by atoms with Gasteiger partial charge in [0, 0.05) is 31.2 Å². The number of hydrogen-bond donors (Lipinski definition) is 1. The first-order chi connectivity index (χ1) is 13.6. The number of anilines is 2. The van der Waals surface area contributed by atoms with Crippen LogP contribution in [0.2, 0.25) is 5.02 Å². The Morgan fingerprint density at radius 2 is 1.86 bits per heavy atom. The van der Waals surface area contributed by atoms with Crippen molar-refractivity contribution in [2.24, 2.45) is 0 Å². The number of aryl methyl sites for hydroxylation is 1. The van der Waals surface area contributed by atoms with E-state index in [0.717, 1.165) is 61.8 Å². The fraction of sp³-hybridized carbons (Fsp3) is 0.409. The van der Waals surface area contributed by atoms with Gasteiger partial charge in [-0.3, -0.25) is 4.79 Å². The first-order valence-corrected chi connectivity index (χ1v) is 10.3. The average Bonchev–Trinajstić information content (AvgIpc) is 2.73. The molecule has 1 fully saturated rings. The minimum absolute atomic E-state index is 0.0351. The minimum Gasteiger partial charge on any atom is -0.483 e. The molecule has 2 aromatic carbocycles. The normalized spacial score (nSPS) is 14.8. The highest BCUT2D eigenvalue weighted by Crippen LogP contribution is 2.30. The Morgan fingerprint density at radius 3 is 2.57 bits per heavy atom. The number of nitrogens with zero attached hydrogens (tertiary/aromatic N) is 2. The molecule has 1 saturated heterocycles. The minimum atomic E-state index is -0.193. The van der Waals surface area contributed by atoms with Crippen LogP contribution in [0.15, 0.2) is 42.5 Å². The maximum atomic E-state index is 12.5. The van der Waals surface area contributed by atoms with E-state index in [1.807, 2.05) is 36.4 Å². The molecule has 5 nitrogen and oxygen atoms in total. The predicted molar refractivity (Wildman–Crippen MR) is 116 cm³/mol. The summed E-state index contributed by atoms with van der Waals surface area (Å²) >= 11 is 6.19. The van der Waals surface area contributed by atoms with Crippen molar-refractivity contribution in [2.45, 2.75) is 20.3 Å². The van der Waals surface area contributed by atoms with Gasteiger partial charge >= 0.3 is 0 Å². The topological polar surface area (TPSA) is 44.8 Å². The molecule has 0 atom stereocenters. The Balaban J connectivity index is 1.66. The summed E-state index contributed by atoms with van der Waals surface area (Å²) in [6.07, 6.45) is 0.861. The summed E-state index contributed by atoms with van der Waals surface area (Å²) in [5.41, 5.74) is 2.82. The van der Waals surface area contributed by atoms with Crippen LogP contribution < -0.4 is 15.0 Å². The van der Waals surface area contributed by atoms with Crippen LogP contribution in [-0.4, -0.2) is 50.1 Å². The molecule has 6 heteroatoms. The third kappa shape index (κ3) is 5.18. The van der Waals surface area contributed by atoms with E-state index in [1.54, 1.807) is 6.07 Å². The number of halogens is 1. The SMILES string of the molecule is CCc1ccccc1OCC(=O)Nc1cc(Cl)ccc1N1CCN(CC)CC1. The summed E-state index contributed by atoms with van der Waals surface area (Å²) in [6.45, 7) is 9.17. The first kappa shape index (κ1) is 20.5. The molecule has 1 aliphatic heterocycles. The van der Waals surface area contributed by atoms with Crippen LogP contribution in [-0.2, 0) is 11.2 Å². The number of hydrogen-bond acceptors (Lipinski definition) is 4. The van der Waals surface area contributed by atoms with Crippen molar-refractivity contribution in [3.63, 3.8) is 0 Å². The molecule has 28 heavy (non-hydrogen) atoms. The number of ether oxygens (including phenoxy) is 1. The van der Waals surface area contributed by atoms with Crippen molar-refractivity contribution in [1.29, 1.82) is 0 Å². The number of carbonyl (C=O) groups excluding carboxylic acids is 1. The monoisotopic (exact) mass is 401 g/mol. The molecule has 3 rings (SSSR count). The van der Waals surface area contributed by atoms with Crippen LogP contribution in [0.5, 0.6) is 5.75 Å². The third-order valence-corrected chi connectivity index (χ3v) is 5.34. The fourth-order valence-electron chi connectivity index (χ4n) is 3.46. The number of amides is 1. The second-order valence-electron chi connectivity index (χ2n) is 6.88. The Labute approximate surface area is 172 Å². The van der Waals surface area contributed by atoms with Crippen LogP contribution in [0.25, 0.3) is 0 Å². The molecule has 2 aromatic rings. The highest BCUT2D eigenvalue weighted by Gasteiger charge is 2.19. The summed E-state index contributed by atoms with van der Waals surface area (Å²) < 4.78 is 5.74. The molecular weight excluding hydrogens is 374 g/mol. The van der Waals surface area contributed by atoms with E-state index in [4.69, 9.17) is 16.3 Å². The lowest BCUT2D eigenvalue weighted by Crippen LogP contribution is -2.46. The molecule has 1 N–H and O–H groups in total. The molecule has 0 saturated carbocycles. The van der Waals surface area contributed by atoms with Crippen molar-refractivity contribution in [1.82, 2.24) is 4.90 Å². The Hall–Kier alpha value is -2.24. The second-order valence-corrected chi connectivity index (χ2v) is 7.32. The molecule has 0 aromatic heterocycles. The highest BCUT2D eigenvalue weighted by atomic mass is 35.5. The molecule has 1 aliphatic rings. The highest BCUT2D eigenvalue weighted by molar-refractivity contribution is 6.31. The lowest BCUT2D eigenvalue weighted by molar-refractivity contribution is -0.118. The molecule has 1 heterocycles. The summed E-state index contributed by atoms with van der Waals surface area (Å²) in [4.78, 5) is 17.2. The number of piperazine rings is 1. The van der Waals surface area contributed by atoms with E-state index in [2.05, 4.69) is 29.0 Å². The number of benzene rings is 2. The Morgan fingerprint density at radius 1 is 1.11 bits per heavy atom. The predicted octanol–water partition coefficient (Wildman–Crippen LogP) is 4.06. The van der Waals surface area contributed by atoms with Gasteiger partial charge in [0.1, 0.15) is 5.75 Å². The average molecular weight is 402 g/mol. The molecule has 1 amide bonds. The molecule has 0 aliphatic carbocycles. The largest absolute Gasteiger partial charge is 0.483 e. The van der Waals surface area contributed by atoms with Crippen molar-refractivity contribution in [3.8, 4) is 5.75 Å². The number of para-hydroxylation sites is 1. The van der Waals surface area contributed by atoms with E-state index < -0.39 is 0 Å². The van der Waals surface area contributed by atoms with Gasteiger partial charge in [-0.2, -0.15) is 0 Å². The van der Waals surface area contributed by atoms with E-state index in [1.165, 1.54) is 0 Å². The van der Waals surface area contributed by atoms with E-state index in [0.29, 0.717) is 5.02 Å². The zero-order valence-corrected chi connectivity index (χ0v) is 17.3. The summed E-state index contributed by atoms with van der Waals surface area (Å²) in [5.74, 6) is 0.559. The number of likely N-dealkylation sites (N-methyl/N-ethyl adjacent to an activating group) is 1. The zero-order chi connectivity index (χ0) is 19.9. The van der Waals surface area contributed by atoms with Crippen molar-refractivity contribution in [2.75, 3.05) is 49.5 Å². The molecule has 0 radical (unpaired) electrons. The molecule has 0 unspecified atom stereocenters. The quantitative estimate of drug-likeness (QED) is 0.759. The second kappa shape index (κ2) is 9.80. The smallest absolute Gasteiger partial charge is 0.262 e. The van der Waals surface area contributed by atoms with Crippen LogP contribution >= 0.6 is 11.6 Å². The number of nitrogens with one attached hydrogen (secondary N) is 1. The van der Waals surface area contributed by atoms with E-state index >= 15 is 0 Å². The fourth-order valence-corrected chi connectivity index (χ4v) is 3.63. The number of carbonyl (C=O) groups is 1. The van der Waals surface area contributed by atoms with Crippen LogP contribution in [0.4, 0.5) is 11.4 Å². The van der Waals surface area contributed by atoms with Gasteiger partial charge in [-0.1, -0.05) is 43.6 Å². The standard InChI is InChI=1S/C22H28ClN3O2/c1-3-17-7-5-6-8-21(17)28-16-22(27)24-19-15-18(23)9-10-20(19)26-13-11-25(4-2)12-14-26/h5-10,15H,3-4,11-14,16H2,1-2H3,(H,24,27). The van der Waals surface area contributed by atoms with Gasteiger partial charge in [-0.25, -0.2) is 0 Å².